The molecule has 8 rings (SSSR count). The molecule has 0 aromatic carbocycles. The number of likely N-dealkylation sites (tertiary alicyclic amines) is 3. The first kappa shape index (κ1) is 135. The number of rotatable bonds is 36. The van der Waals surface area contributed by atoms with Crippen molar-refractivity contribution in [2.24, 2.45) is 54.1 Å². The van der Waals surface area contributed by atoms with Crippen LogP contribution in [-0.2, 0) is 47.9 Å². The lowest BCUT2D eigenvalue weighted by atomic mass is 9.90. The molecule has 8 fully saturated rings. The van der Waals surface area contributed by atoms with E-state index in [1.165, 1.54) is 168 Å². The van der Waals surface area contributed by atoms with Gasteiger partial charge in [0.1, 0.15) is 0 Å². The standard InChI is InChI=1S/C15H27NO.3C13H23NO.2C12H21NO.C12H23NO.2C11H19NO.C8H14O/c1-15(2,3)14(17)11-8-12-16(4)13-9-6-5-7-10-13;1-13(2,3)12(15)9-6-10-14(4)11-7-5-8-11;1-13(2,3)12(15)8-7-11-14-9-5-4-6-10-14;1-5-14(11-8-9-11)10-6-7-12(15)13(2,3)4;1-12(2,3)11(14)6-5-9-13(4)10-7-8-10;1-12(2,3)11(14)7-6-10-13-8-4-5-9-13;1-6-13(7-2)10-8-9-11(14)12(3,4)5;1-11(2,3)10(13)6-4-7-12-8-5-9-12;1-11(2,3)10(13)5-4-8-12-9-6-7-9;1-5-6-7(9)8(2,3)4/h8,11,13H,5-7,9-10,12H2,1-4H3;6,9,11H,5,7-8,10H2,1-4H3;7-8H,4-6,9-11H2,1-3H3;6-7,11H,5,8-10H2,1-4H3;5-6,10H,7-9H2,1-4H3;6-7H,4-5,8-10H2,1-3H3;8-9H,6-7,10H2,1-5H3;4,6H,5,7-9H2,1-3H3;4-5,9,12H,6-8H2,1-3H3;5-6H,1-4H3/b11-8+;9-6+;8-7+;7-6+;6-5+;7-6+;9-8+;6-4+;5-4+;6-5+. The van der Waals surface area contributed by atoms with E-state index in [4.69, 9.17) is 0 Å². The number of allylic oxidation sites excluding steroid dienone is 11. The van der Waals surface area contributed by atoms with Crippen molar-refractivity contribution in [3.05, 3.63) is 122 Å². The maximum Gasteiger partial charge on any atom is 0.160 e. The first-order chi connectivity index (χ1) is 64.1. The normalized spacial score (nSPS) is 17.7. The minimum atomic E-state index is -0.250. The highest BCUT2D eigenvalue weighted by Gasteiger charge is 2.31. The van der Waals surface area contributed by atoms with Crippen molar-refractivity contribution in [2.75, 3.05) is 139 Å². The average molecular weight is 1940 g/mol. The Balaban J connectivity index is 0. The van der Waals surface area contributed by atoms with Crippen LogP contribution in [0.15, 0.2) is 122 Å². The predicted molar refractivity (Wildman–Crippen MR) is 593 cm³/mol. The molecule has 0 spiro atoms. The fourth-order valence-electron chi connectivity index (χ4n) is 13.3. The highest BCUT2D eigenvalue weighted by Crippen LogP contribution is 2.30. The van der Waals surface area contributed by atoms with Gasteiger partial charge in [0.05, 0.1) is 0 Å². The summed E-state index contributed by atoms with van der Waals surface area (Å²) in [5, 5.41) is 3.32. The smallest absolute Gasteiger partial charge is 0.160 e. The Morgan fingerprint density at radius 3 is 0.705 bits per heavy atom. The minimum Gasteiger partial charge on any atom is -0.311 e. The number of carbonyl (C=O) groups is 10. The Bertz CT molecular complexity index is 3710. The van der Waals surface area contributed by atoms with Crippen LogP contribution in [0.3, 0.4) is 0 Å². The lowest BCUT2D eigenvalue weighted by Gasteiger charge is -2.34. The highest BCUT2D eigenvalue weighted by molar-refractivity contribution is 5.98. The molecule has 0 amide bonds. The van der Waals surface area contributed by atoms with E-state index < -0.39 is 0 Å². The molecule has 19 heteroatoms. The van der Waals surface area contributed by atoms with Gasteiger partial charge in [0.2, 0.25) is 0 Å². The second kappa shape index (κ2) is 68.2. The first-order valence-electron chi connectivity index (χ1n) is 53.6. The number of piperidine rings is 1. The zero-order valence-corrected chi connectivity index (χ0v) is 96.5. The Morgan fingerprint density at radius 2 is 0.482 bits per heavy atom. The summed E-state index contributed by atoms with van der Waals surface area (Å²) in [7, 11) is 6.42. The Morgan fingerprint density at radius 1 is 0.252 bits per heavy atom. The number of hydrogen-bond acceptors (Lipinski definition) is 19. The van der Waals surface area contributed by atoms with Crippen molar-refractivity contribution in [3.8, 4) is 0 Å². The van der Waals surface area contributed by atoms with Gasteiger partial charge in [-0.25, -0.2) is 0 Å². The summed E-state index contributed by atoms with van der Waals surface area (Å²) in [6, 6.07) is 3.74. The molecule has 8 aliphatic rings. The molecule has 0 atom stereocenters. The van der Waals surface area contributed by atoms with Gasteiger partial charge in [-0.05, 0) is 244 Å². The summed E-state index contributed by atoms with van der Waals surface area (Å²) < 4.78 is 0. The van der Waals surface area contributed by atoms with Crippen LogP contribution in [0.2, 0.25) is 0 Å². The van der Waals surface area contributed by atoms with Gasteiger partial charge in [-0.1, -0.05) is 321 Å². The van der Waals surface area contributed by atoms with Crippen LogP contribution in [0, 0.1) is 54.1 Å². The summed E-state index contributed by atoms with van der Waals surface area (Å²) in [5.74, 6) is 2.10. The van der Waals surface area contributed by atoms with Crippen LogP contribution >= 0.6 is 0 Å². The van der Waals surface area contributed by atoms with Crippen LogP contribution in [0.5, 0.6) is 0 Å². The van der Waals surface area contributed by atoms with E-state index in [1.807, 2.05) is 269 Å². The largest absolute Gasteiger partial charge is 0.311 e. The van der Waals surface area contributed by atoms with Crippen molar-refractivity contribution >= 4 is 57.8 Å². The number of carbonyl (C=O) groups excluding carboxylic acids is 10. The van der Waals surface area contributed by atoms with Gasteiger partial charge in [0.25, 0.3) is 0 Å². The van der Waals surface area contributed by atoms with Crippen molar-refractivity contribution < 1.29 is 47.9 Å². The molecule has 798 valence electrons. The summed E-state index contributed by atoms with van der Waals surface area (Å²) in [6.45, 7) is 85.1. The van der Waals surface area contributed by atoms with E-state index in [2.05, 4.69) is 86.4 Å². The summed E-state index contributed by atoms with van der Waals surface area (Å²) in [5.41, 5.74) is -2.39. The summed E-state index contributed by atoms with van der Waals surface area (Å²) in [6.07, 6.45) is 63.3. The second-order valence-corrected chi connectivity index (χ2v) is 49.7. The molecule has 3 heterocycles. The third-order valence-electron chi connectivity index (χ3n) is 25.2. The van der Waals surface area contributed by atoms with Gasteiger partial charge in [0.15, 0.2) is 57.8 Å². The number of nitrogens with zero attached hydrogens (tertiary/aromatic N) is 8. The molecule has 0 aromatic heterocycles. The Labute approximate surface area is 854 Å². The molecule has 5 aliphatic carbocycles. The van der Waals surface area contributed by atoms with E-state index in [0.717, 1.165) is 109 Å². The maximum absolute atomic E-state index is 11.7. The fraction of sp³-hybridized carbons (Fsp3) is 0.750. The second-order valence-electron chi connectivity index (χ2n) is 49.7. The van der Waals surface area contributed by atoms with Gasteiger partial charge < -0.3 is 10.2 Å². The molecule has 3 aliphatic heterocycles. The molecule has 0 unspecified atom stereocenters. The molecule has 139 heavy (non-hydrogen) atoms. The van der Waals surface area contributed by atoms with Crippen molar-refractivity contribution in [1.82, 2.24) is 44.5 Å². The van der Waals surface area contributed by atoms with Crippen LogP contribution in [0.25, 0.3) is 0 Å². The maximum atomic E-state index is 11.7. The Hall–Kier alpha value is -6.26. The summed E-state index contributed by atoms with van der Waals surface area (Å²) >= 11 is 0. The van der Waals surface area contributed by atoms with Crippen molar-refractivity contribution in [3.63, 3.8) is 0 Å². The van der Waals surface area contributed by atoms with Gasteiger partial charge in [-0.15, -0.1) is 0 Å². The van der Waals surface area contributed by atoms with Crippen LogP contribution in [0.1, 0.15) is 364 Å². The first-order valence-corrected chi connectivity index (χ1v) is 53.6. The minimum absolute atomic E-state index is 0.185. The quantitative estimate of drug-likeness (QED) is 0.0578. The van der Waals surface area contributed by atoms with Crippen LogP contribution in [-0.4, -0.2) is 266 Å². The van der Waals surface area contributed by atoms with Gasteiger partial charge in [-0.3, -0.25) is 82.2 Å². The number of nitrogens with one attached hydrogen (secondary N) is 1. The summed E-state index contributed by atoms with van der Waals surface area (Å²) in [4.78, 5) is 134. The molecular weight excluding hydrogens is 1730 g/mol. The van der Waals surface area contributed by atoms with E-state index >= 15 is 0 Å². The number of ketones is 10. The lowest BCUT2D eigenvalue weighted by molar-refractivity contribution is -0.122. The predicted octanol–water partition coefficient (Wildman–Crippen LogP) is 24.3. The molecular formula is C120H213N9O10. The van der Waals surface area contributed by atoms with E-state index in [-0.39, 0.29) is 112 Å². The monoisotopic (exact) mass is 1940 g/mol. The molecule has 0 aromatic rings. The van der Waals surface area contributed by atoms with E-state index in [1.54, 1.807) is 66.8 Å². The number of likely N-dealkylation sites (N-methyl/N-ethyl adjacent to an activating group) is 5. The molecule has 19 nitrogen and oxygen atoms in total. The van der Waals surface area contributed by atoms with Crippen LogP contribution < -0.4 is 5.32 Å². The van der Waals surface area contributed by atoms with E-state index in [0.29, 0.717) is 0 Å². The van der Waals surface area contributed by atoms with Crippen molar-refractivity contribution in [1.29, 1.82) is 0 Å². The van der Waals surface area contributed by atoms with Gasteiger partial charge in [0, 0.05) is 143 Å². The lowest BCUT2D eigenvalue weighted by Crippen LogP contribution is -2.37. The molecule has 0 bridgehead atoms. The number of hydrogen-bond donors (Lipinski definition) is 1. The third kappa shape index (κ3) is 70.2. The third-order valence-corrected chi connectivity index (χ3v) is 25.2. The van der Waals surface area contributed by atoms with Gasteiger partial charge >= 0.3 is 0 Å². The van der Waals surface area contributed by atoms with E-state index in [9.17, 15) is 47.9 Å². The molecule has 1 N–H and O–H groups in total. The molecule has 0 radical (unpaired) electrons. The van der Waals surface area contributed by atoms with Crippen molar-refractivity contribution in [2.45, 2.75) is 394 Å². The average Bonchev–Trinajstić information content (AvgIpc) is 1.70. The fourth-order valence-corrected chi connectivity index (χ4v) is 13.3. The SMILES string of the molecule is C/C=C/C(=O)C(C)(C)C.CC(C)(C)C(=O)/C=C/CN1CCC1.CC(C)(C)C(=O)/C=C/CN1CCCC1.CC(C)(C)C(=O)/C=C/CN1CCCCC1.CC(C)(C)C(=O)/C=C/CNC1CC1.CCN(C/C=C/C(=O)C(C)(C)C)C1CC1.CCN(CC)C/C=C/C(=O)C(C)(C)C.CN(C/C=C/C(=O)C(C)(C)C)C1CC1.CN(C/C=C/C(=O)C(C)(C)C)C1CCC1.CN(C/C=C/C(=O)C(C)(C)C)C1CCCCC1. The topological polar surface area (TPSA) is 209 Å². The highest BCUT2D eigenvalue weighted by atomic mass is 16.2. The van der Waals surface area contributed by atoms with Crippen LogP contribution in [0.4, 0.5) is 0 Å². The zero-order chi connectivity index (χ0) is 107. The molecule has 3 saturated heterocycles. The van der Waals surface area contributed by atoms with Gasteiger partial charge in [-0.2, -0.15) is 0 Å². The molecule has 5 saturated carbocycles. The zero-order valence-electron chi connectivity index (χ0n) is 96.5. The Kier molecular flexibility index (Phi) is 66.1.